The van der Waals surface area contributed by atoms with Gasteiger partial charge < -0.3 is 14.8 Å². The van der Waals surface area contributed by atoms with E-state index in [9.17, 15) is 14.9 Å². The minimum Gasteiger partial charge on any atom is -0.493 e. The molecule has 1 atom stereocenters. The molecule has 2 aromatic rings. The van der Waals surface area contributed by atoms with Crippen molar-refractivity contribution in [2.45, 2.75) is 6.42 Å². The number of methoxy groups -OCH3 is 1. The number of ether oxygens (including phenoxy) is 2. The van der Waals surface area contributed by atoms with Crippen LogP contribution in [0.2, 0.25) is 0 Å². The average molecular weight is 329 g/mol. The highest BCUT2D eigenvalue weighted by Crippen LogP contribution is 2.29. The van der Waals surface area contributed by atoms with Crippen molar-refractivity contribution in [1.82, 2.24) is 4.98 Å². The minimum atomic E-state index is -0.576. The van der Waals surface area contributed by atoms with Crippen molar-refractivity contribution in [3.05, 3.63) is 52.2 Å². The summed E-state index contributed by atoms with van der Waals surface area (Å²) in [5.74, 6) is 0.417. The van der Waals surface area contributed by atoms with Gasteiger partial charge in [-0.25, -0.2) is 4.98 Å². The maximum atomic E-state index is 12.4. The zero-order chi connectivity index (χ0) is 17.1. The SMILES string of the molecule is COc1cc([N+](=O)[O-])cnc1NC(=O)C1COc2ccccc2C1. The van der Waals surface area contributed by atoms with E-state index in [1.54, 1.807) is 0 Å². The van der Waals surface area contributed by atoms with Gasteiger partial charge in [-0.15, -0.1) is 0 Å². The van der Waals surface area contributed by atoms with Crippen LogP contribution in [0.3, 0.4) is 0 Å². The molecule has 1 unspecified atom stereocenters. The average Bonchev–Trinajstić information content (AvgIpc) is 2.61. The van der Waals surface area contributed by atoms with Gasteiger partial charge in [0, 0.05) is 0 Å². The van der Waals surface area contributed by atoms with Crippen LogP contribution in [-0.2, 0) is 11.2 Å². The van der Waals surface area contributed by atoms with E-state index in [1.807, 2.05) is 24.3 Å². The maximum absolute atomic E-state index is 12.4. The van der Waals surface area contributed by atoms with Gasteiger partial charge in [0.1, 0.15) is 18.6 Å². The molecule has 2 heterocycles. The van der Waals surface area contributed by atoms with Crippen molar-refractivity contribution in [3.8, 4) is 11.5 Å². The molecule has 1 aliphatic rings. The largest absolute Gasteiger partial charge is 0.493 e. The number of nitrogens with zero attached hydrogens (tertiary/aromatic N) is 2. The van der Waals surface area contributed by atoms with Crippen molar-refractivity contribution in [1.29, 1.82) is 0 Å². The van der Waals surface area contributed by atoms with Crippen molar-refractivity contribution in [3.63, 3.8) is 0 Å². The molecule has 124 valence electrons. The smallest absolute Gasteiger partial charge is 0.291 e. The molecular weight excluding hydrogens is 314 g/mol. The highest BCUT2D eigenvalue weighted by atomic mass is 16.6. The molecule has 3 rings (SSSR count). The molecule has 8 nitrogen and oxygen atoms in total. The van der Waals surface area contributed by atoms with E-state index < -0.39 is 4.92 Å². The summed E-state index contributed by atoms with van der Waals surface area (Å²) >= 11 is 0. The second-order valence-corrected chi connectivity index (χ2v) is 5.31. The summed E-state index contributed by atoms with van der Waals surface area (Å²) in [4.78, 5) is 26.6. The maximum Gasteiger partial charge on any atom is 0.291 e. The first-order chi connectivity index (χ1) is 11.6. The topological polar surface area (TPSA) is 104 Å². The normalized spacial score (nSPS) is 15.8. The second-order valence-electron chi connectivity index (χ2n) is 5.31. The minimum absolute atomic E-state index is 0.134. The number of rotatable bonds is 4. The number of nitro groups is 1. The molecule has 1 aliphatic heterocycles. The van der Waals surface area contributed by atoms with Crippen LogP contribution >= 0.6 is 0 Å². The molecule has 1 aromatic heterocycles. The standard InChI is InChI=1S/C16H15N3O5/c1-23-14-7-12(19(21)22)8-17-15(14)18-16(20)11-6-10-4-2-3-5-13(10)24-9-11/h2-5,7-8,11H,6,9H2,1H3,(H,17,18,20). The third-order valence-electron chi connectivity index (χ3n) is 3.76. The summed E-state index contributed by atoms with van der Waals surface area (Å²) < 4.78 is 10.7. The van der Waals surface area contributed by atoms with E-state index in [0.29, 0.717) is 6.42 Å². The lowest BCUT2D eigenvalue weighted by Gasteiger charge is -2.24. The van der Waals surface area contributed by atoms with Gasteiger partial charge in [0.05, 0.1) is 24.0 Å². The van der Waals surface area contributed by atoms with Crippen LogP contribution in [0.15, 0.2) is 36.5 Å². The van der Waals surface area contributed by atoms with E-state index in [2.05, 4.69) is 10.3 Å². The highest BCUT2D eigenvalue weighted by molar-refractivity contribution is 5.93. The van der Waals surface area contributed by atoms with Crippen molar-refractivity contribution >= 4 is 17.4 Å². The number of para-hydroxylation sites is 1. The van der Waals surface area contributed by atoms with Crippen molar-refractivity contribution < 1.29 is 19.2 Å². The molecule has 1 N–H and O–H groups in total. The Hall–Kier alpha value is -3.16. The second kappa shape index (κ2) is 6.53. The van der Waals surface area contributed by atoms with Gasteiger partial charge in [0.2, 0.25) is 5.91 Å². The van der Waals surface area contributed by atoms with Crippen LogP contribution in [-0.4, -0.2) is 29.5 Å². The number of anilines is 1. The summed E-state index contributed by atoms with van der Waals surface area (Å²) in [5, 5.41) is 13.4. The number of carbonyl (C=O) groups excluding carboxylic acids is 1. The van der Waals surface area contributed by atoms with Gasteiger partial charge in [-0.3, -0.25) is 14.9 Å². The first-order valence-corrected chi connectivity index (χ1v) is 7.28. The van der Waals surface area contributed by atoms with Crippen LogP contribution in [0.1, 0.15) is 5.56 Å². The highest BCUT2D eigenvalue weighted by Gasteiger charge is 2.27. The number of benzene rings is 1. The fourth-order valence-electron chi connectivity index (χ4n) is 2.50. The molecule has 0 bridgehead atoms. The molecular formula is C16H15N3O5. The third kappa shape index (κ3) is 3.12. The molecule has 0 fully saturated rings. The Morgan fingerprint density at radius 3 is 3.00 bits per heavy atom. The van der Waals surface area contributed by atoms with Gasteiger partial charge in [0.25, 0.3) is 5.69 Å². The fourth-order valence-corrected chi connectivity index (χ4v) is 2.50. The number of fused-ring (bicyclic) bond motifs is 1. The Morgan fingerprint density at radius 1 is 1.46 bits per heavy atom. The quantitative estimate of drug-likeness (QED) is 0.681. The number of carbonyl (C=O) groups is 1. The first kappa shape index (κ1) is 15.7. The Bertz CT molecular complexity index is 793. The van der Waals surface area contributed by atoms with Gasteiger partial charge in [-0.1, -0.05) is 18.2 Å². The predicted octanol–water partition coefficient (Wildman–Crippen LogP) is 2.19. The third-order valence-corrected chi connectivity index (χ3v) is 3.76. The first-order valence-electron chi connectivity index (χ1n) is 7.28. The van der Waals surface area contributed by atoms with E-state index in [1.165, 1.54) is 13.2 Å². The van der Waals surface area contributed by atoms with E-state index in [-0.39, 0.29) is 35.7 Å². The van der Waals surface area contributed by atoms with Gasteiger partial charge >= 0.3 is 0 Å². The van der Waals surface area contributed by atoms with Crippen LogP contribution < -0.4 is 14.8 Å². The predicted molar refractivity (Wildman–Crippen MR) is 85.2 cm³/mol. The zero-order valence-electron chi connectivity index (χ0n) is 12.9. The molecule has 1 aromatic carbocycles. The molecule has 0 radical (unpaired) electrons. The lowest BCUT2D eigenvalue weighted by atomic mass is 9.96. The molecule has 0 aliphatic carbocycles. The number of amides is 1. The molecule has 0 spiro atoms. The zero-order valence-corrected chi connectivity index (χ0v) is 12.9. The Labute approximate surface area is 137 Å². The summed E-state index contributed by atoms with van der Waals surface area (Å²) in [6.07, 6.45) is 1.63. The Kier molecular flexibility index (Phi) is 4.28. The molecule has 24 heavy (non-hydrogen) atoms. The summed E-state index contributed by atoms with van der Waals surface area (Å²) in [5.41, 5.74) is 0.757. The van der Waals surface area contributed by atoms with Crippen LogP contribution in [0, 0.1) is 16.0 Å². The monoisotopic (exact) mass is 329 g/mol. The van der Waals surface area contributed by atoms with Gasteiger partial charge in [-0.2, -0.15) is 0 Å². The van der Waals surface area contributed by atoms with Crippen molar-refractivity contribution in [2.24, 2.45) is 5.92 Å². The molecule has 0 saturated heterocycles. The van der Waals surface area contributed by atoms with E-state index in [0.717, 1.165) is 17.5 Å². The van der Waals surface area contributed by atoms with E-state index >= 15 is 0 Å². The number of hydrogen-bond donors (Lipinski definition) is 1. The number of pyridine rings is 1. The Morgan fingerprint density at radius 2 is 2.25 bits per heavy atom. The van der Waals surface area contributed by atoms with E-state index in [4.69, 9.17) is 9.47 Å². The summed E-state index contributed by atoms with van der Waals surface area (Å²) in [6.45, 7) is 0.262. The number of hydrogen-bond acceptors (Lipinski definition) is 6. The molecule has 8 heteroatoms. The summed E-state index contributed by atoms with van der Waals surface area (Å²) in [7, 11) is 1.36. The number of nitrogens with one attached hydrogen (secondary N) is 1. The summed E-state index contributed by atoms with van der Waals surface area (Å²) in [6, 6.07) is 8.77. The van der Waals surface area contributed by atoms with Crippen LogP contribution in [0.25, 0.3) is 0 Å². The van der Waals surface area contributed by atoms with Crippen LogP contribution in [0.4, 0.5) is 11.5 Å². The lowest BCUT2D eigenvalue weighted by Crippen LogP contribution is -2.32. The van der Waals surface area contributed by atoms with Gasteiger partial charge in [0.15, 0.2) is 11.6 Å². The number of aromatic nitrogens is 1. The van der Waals surface area contributed by atoms with Gasteiger partial charge in [-0.05, 0) is 18.1 Å². The lowest BCUT2D eigenvalue weighted by molar-refractivity contribution is -0.385. The molecule has 0 saturated carbocycles. The Balaban J connectivity index is 1.75. The van der Waals surface area contributed by atoms with Crippen LogP contribution in [0.5, 0.6) is 11.5 Å². The fraction of sp³-hybridized carbons (Fsp3) is 0.250. The van der Waals surface area contributed by atoms with Crippen molar-refractivity contribution in [2.75, 3.05) is 19.0 Å². The molecule has 1 amide bonds.